The van der Waals surface area contributed by atoms with E-state index in [1.165, 1.54) is 0 Å². The average molecular weight is 375 g/mol. The van der Waals surface area contributed by atoms with Crippen molar-refractivity contribution in [2.45, 2.75) is 19.4 Å². The first-order valence-electron chi connectivity index (χ1n) is 5.47. The van der Waals surface area contributed by atoms with Crippen LogP contribution in [0.3, 0.4) is 0 Å². The molecule has 18 heavy (non-hydrogen) atoms. The fraction of sp³-hybridized carbons (Fsp3) is 0.333. The van der Waals surface area contributed by atoms with Crippen LogP contribution >= 0.6 is 31.9 Å². The first-order valence-corrected chi connectivity index (χ1v) is 7.05. The SMILES string of the molecule is Cc1nn(C)c(CC(O)c2ncccc2Br)c1Br. The number of nitrogens with zero attached hydrogens (tertiary/aromatic N) is 3. The summed E-state index contributed by atoms with van der Waals surface area (Å²) in [4.78, 5) is 4.20. The quantitative estimate of drug-likeness (QED) is 0.898. The zero-order chi connectivity index (χ0) is 13.3. The van der Waals surface area contributed by atoms with E-state index in [1.54, 1.807) is 10.9 Å². The second-order valence-corrected chi connectivity index (χ2v) is 5.71. The van der Waals surface area contributed by atoms with Gasteiger partial charge in [-0.05, 0) is 50.9 Å². The Morgan fingerprint density at radius 2 is 2.17 bits per heavy atom. The van der Waals surface area contributed by atoms with Crippen LogP contribution in [0, 0.1) is 6.92 Å². The maximum atomic E-state index is 10.3. The van der Waals surface area contributed by atoms with Gasteiger partial charge in [0.2, 0.25) is 0 Å². The molecule has 0 aliphatic heterocycles. The summed E-state index contributed by atoms with van der Waals surface area (Å²) in [5.41, 5.74) is 2.51. The lowest BCUT2D eigenvalue weighted by molar-refractivity contribution is 0.170. The highest BCUT2D eigenvalue weighted by molar-refractivity contribution is 9.10. The van der Waals surface area contributed by atoms with E-state index in [1.807, 2.05) is 26.1 Å². The Labute approximate surface area is 122 Å². The van der Waals surface area contributed by atoms with Gasteiger partial charge in [-0.2, -0.15) is 5.10 Å². The topological polar surface area (TPSA) is 50.9 Å². The highest BCUT2D eigenvalue weighted by atomic mass is 79.9. The van der Waals surface area contributed by atoms with Crippen LogP contribution in [0.15, 0.2) is 27.3 Å². The van der Waals surface area contributed by atoms with Crippen molar-refractivity contribution in [1.29, 1.82) is 0 Å². The number of rotatable bonds is 3. The van der Waals surface area contributed by atoms with E-state index < -0.39 is 6.10 Å². The molecule has 1 N–H and O–H groups in total. The van der Waals surface area contributed by atoms with Gasteiger partial charge in [-0.15, -0.1) is 0 Å². The summed E-state index contributed by atoms with van der Waals surface area (Å²) in [6.07, 6.45) is 1.48. The molecule has 0 saturated carbocycles. The Hall–Kier alpha value is -0.720. The number of pyridine rings is 1. The Kier molecular flexibility index (Phi) is 4.19. The van der Waals surface area contributed by atoms with Crippen LogP contribution in [0.1, 0.15) is 23.2 Å². The standard InChI is InChI=1S/C12H13Br2N3O/c1-7-11(14)9(17(2)16-7)6-10(18)12-8(13)4-3-5-15-12/h3-5,10,18H,6H2,1-2H3. The van der Waals surface area contributed by atoms with Crippen molar-refractivity contribution in [2.75, 3.05) is 0 Å². The zero-order valence-corrected chi connectivity index (χ0v) is 13.2. The third-order valence-electron chi connectivity index (χ3n) is 2.75. The Bertz CT molecular complexity index is 568. The van der Waals surface area contributed by atoms with Crippen LogP contribution in [-0.4, -0.2) is 19.9 Å². The van der Waals surface area contributed by atoms with Crippen LogP contribution in [-0.2, 0) is 13.5 Å². The average Bonchev–Trinajstić information content (AvgIpc) is 2.56. The van der Waals surface area contributed by atoms with E-state index in [-0.39, 0.29) is 0 Å². The molecular formula is C12H13Br2N3O. The molecule has 2 aromatic heterocycles. The fourth-order valence-electron chi connectivity index (χ4n) is 1.82. The van der Waals surface area contributed by atoms with Gasteiger partial charge in [0.05, 0.1) is 21.6 Å². The lowest BCUT2D eigenvalue weighted by Crippen LogP contribution is -2.09. The molecule has 96 valence electrons. The van der Waals surface area contributed by atoms with E-state index in [4.69, 9.17) is 0 Å². The molecule has 0 spiro atoms. The first-order chi connectivity index (χ1) is 8.50. The molecule has 2 heterocycles. The lowest BCUT2D eigenvalue weighted by Gasteiger charge is -2.12. The molecule has 0 radical (unpaired) electrons. The normalized spacial score (nSPS) is 12.7. The van der Waals surface area contributed by atoms with Crippen LogP contribution < -0.4 is 0 Å². The first kappa shape index (κ1) is 13.7. The minimum Gasteiger partial charge on any atom is -0.386 e. The van der Waals surface area contributed by atoms with Crippen molar-refractivity contribution in [3.8, 4) is 0 Å². The second-order valence-electron chi connectivity index (χ2n) is 4.06. The molecule has 1 unspecified atom stereocenters. The predicted octanol–water partition coefficient (Wildman–Crippen LogP) is 2.92. The summed E-state index contributed by atoms with van der Waals surface area (Å²) in [5, 5.41) is 14.6. The third kappa shape index (κ3) is 2.65. The van der Waals surface area contributed by atoms with Gasteiger partial charge >= 0.3 is 0 Å². The Morgan fingerprint density at radius 3 is 2.72 bits per heavy atom. The lowest BCUT2D eigenvalue weighted by atomic mass is 10.1. The summed E-state index contributed by atoms with van der Waals surface area (Å²) in [6.45, 7) is 1.93. The minimum absolute atomic E-state index is 0.466. The van der Waals surface area contributed by atoms with Gasteiger partial charge < -0.3 is 5.11 Å². The molecule has 0 aliphatic carbocycles. The molecular weight excluding hydrogens is 362 g/mol. The fourth-order valence-corrected chi connectivity index (χ4v) is 2.84. The highest BCUT2D eigenvalue weighted by Crippen LogP contribution is 2.28. The van der Waals surface area contributed by atoms with E-state index in [2.05, 4.69) is 41.9 Å². The molecule has 2 aromatic rings. The van der Waals surface area contributed by atoms with Crippen LogP contribution in [0.4, 0.5) is 0 Å². The van der Waals surface area contributed by atoms with Crippen LogP contribution in [0.5, 0.6) is 0 Å². The van der Waals surface area contributed by atoms with Gasteiger partial charge in [0.25, 0.3) is 0 Å². The Balaban J connectivity index is 2.27. The number of hydrogen-bond donors (Lipinski definition) is 1. The van der Waals surface area contributed by atoms with Crippen molar-refractivity contribution in [3.05, 3.63) is 44.4 Å². The van der Waals surface area contributed by atoms with Crippen molar-refractivity contribution in [1.82, 2.24) is 14.8 Å². The molecule has 6 heteroatoms. The monoisotopic (exact) mass is 373 g/mol. The maximum absolute atomic E-state index is 10.3. The van der Waals surface area contributed by atoms with Crippen molar-refractivity contribution in [3.63, 3.8) is 0 Å². The third-order valence-corrected chi connectivity index (χ3v) is 4.45. The van der Waals surface area contributed by atoms with Gasteiger partial charge in [0.15, 0.2) is 0 Å². The summed E-state index contributed by atoms with van der Waals surface area (Å²) >= 11 is 6.89. The van der Waals surface area contributed by atoms with E-state index >= 15 is 0 Å². The summed E-state index contributed by atoms with van der Waals surface area (Å²) in [5.74, 6) is 0. The number of aliphatic hydroxyl groups excluding tert-OH is 1. The molecule has 0 fully saturated rings. The Morgan fingerprint density at radius 1 is 1.44 bits per heavy atom. The maximum Gasteiger partial charge on any atom is 0.103 e. The number of hydrogen-bond acceptors (Lipinski definition) is 3. The predicted molar refractivity (Wildman–Crippen MR) is 76.2 cm³/mol. The van der Waals surface area contributed by atoms with E-state index in [0.717, 1.165) is 20.3 Å². The van der Waals surface area contributed by atoms with E-state index in [9.17, 15) is 5.11 Å². The summed E-state index contributed by atoms with van der Waals surface area (Å²) in [7, 11) is 1.87. The molecule has 0 saturated heterocycles. The smallest absolute Gasteiger partial charge is 0.103 e. The van der Waals surface area contributed by atoms with Crippen molar-refractivity contribution in [2.24, 2.45) is 7.05 Å². The van der Waals surface area contributed by atoms with Gasteiger partial charge in [0, 0.05) is 24.1 Å². The van der Waals surface area contributed by atoms with E-state index in [0.29, 0.717) is 12.1 Å². The summed E-state index contributed by atoms with van der Waals surface area (Å²) in [6, 6.07) is 3.69. The van der Waals surface area contributed by atoms with Crippen LogP contribution in [0.2, 0.25) is 0 Å². The molecule has 0 bridgehead atoms. The van der Waals surface area contributed by atoms with Gasteiger partial charge in [-0.1, -0.05) is 0 Å². The van der Waals surface area contributed by atoms with Gasteiger partial charge in [-0.25, -0.2) is 0 Å². The molecule has 1 atom stereocenters. The number of aliphatic hydroxyl groups is 1. The minimum atomic E-state index is -0.660. The van der Waals surface area contributed by atoms with Gasteiger partial charge in [-0.3, -0.25) is 9.67 Å². The molecule has 4 nitrogen and oxygen atoms in total. The van der Waals surface area contributed by atoms with Gasteiger partial charge in [0.1, 0.15) is 6.10 Å². The molecule has 2 rings (SSSR count). The number of aromatic nitrogens is 3. The largest absolute Gasteiger partial charge is 0.386 e. The number of aryl methyl sites for hydroxylation is 2. The second kappa shape index (κ2) is 5.50. The highest BCUT2D eigenvalue weighted by Gasteiger charge is 2.18. The molecule has 0 aliphatic rings. The van der Waals surface area contributed by atoms with Crippen LogP contribution in [0.25, 0.3) is 0 Å². The van der Waals surface area contributed by atoms with Crippen molar-refractivity contribution < 1.29 is 5.11 Å². The van der Waals surface area contributed by atoms with Crippen molar-refractivity contribution >= 4 is 31.9 Å². The summed E-state index contributed by atoms with van der Waals surface area (Å²) < 4.78 is 3.53. The zero-order valence-electron chi connectivity index (χ0n) is 10.1. The number of halogens is 2. The molecule has 0 aromatic carbocycles. The molecule has 0 amide bonds.